The van der Waals surface area contributed by atoms with Crippen LogP contribution in [0.3, 0.4) is 0 Å². The highest BCUT2D eigenvalue weighted by Gasteiger charge is 2.26. The second-order valence-corrected chi connectivity index (χ2v) is 4.47. The molecule has 0 saturated carbocycles. The van der Waals surface area contributed by atoms with Gasteiger partial charge in [0.15, 0.2) is 0 Å². The van der Waals surface area contributed by atoms with Gasteiger partial charge in [0.05, 0.1) is 7.11 Å². The number of rotatable bonds is 4. The number of carbonyl (C=O) groups excluding carboxylic acids is 1. The number of carbonyl (C=O) groups is 1. The molecule has 0 spiro atoms. The Morgan fingerprint density at radius 2 is 2.25 bits per heavy atom. The van der Waals surface area contributed by atoms with Gasteiger partial charge < -0.3 is 15.0 Å². The lowest BCUT2D eigenvalue weighted by atomic mass is 10.1. The van der Waals surface area contributed by atoms with Crippen molar-refractivity contribution in [1.29, 1.82) is 0 Å². The van der Waals surface area contributed by atoms with Gasteiger partial charge in [0.1, 0.15) is 6.04 Å². The van der Waals surface area contributed by atoms with Crippen molar-refractivity contribution in [3.63, 3.8) is 0 Å². The second-order valence-electron chi connectivity index (χ2n) is 4.47. The second kappa shape index (κ2) is 6.18. The van der Waals surface area contributed by atoms with Crippen molar-refractivity contribution in [3.8, 4) is 0 Å². The van der Waals surface area contributed by atoms with E-state index < -0.39 is 0 Å². The molecule has 2 atom stereocenters. The first kappa shape index (κ1) is 13.4. The Kier molecular flexibility index (Phi) is 5.18. The van der Waals surface area contributed by atoms with Crippen LogP contribution in [0.2, 0.25) is 0 Å². The lowest BCUT2D eigenvalue weighted by Gasteiger charge is -2.39. The maximum Gasteiger partial charge on any atom is 0.324 e. The van der Waals surface area contributed by atoms with Crippen LogP contribution in [0.15, 0.2) is 0 Å². The van der Waals surface area contributed by atoms with Gasteiger partial charge in [-0.2, -0.15) is 0 Å². The Bertz CT molecular complexity index is 235. The van der Waals surface area contributed by atoms with Crippen molar-refractivity contribution in [2.45, 2.75) is 19.0 Å². The third-order valence-electron chi connectivity index (χ3n) is 3.22. The number of nitrogens with zero attached hydrogens (tertiary/aromatic N) is 2. The average molecular weight is 229 g/mol. The largest absolute Gasteiger partial charge is 0.468 e. The standard InChI is InChI=1S/C11H23N3O2/c1-9-7-13(3)5-6-14(9)8-10(12-2)11(15)16-4/h9-10,12H,5-8H2,1-4H3. The van der Waals surface area contributed by atoms with E-state index in [2.05, 4.69) is 29.1 Å². The summed E-state index contributed by atoms with van der Waals surface area (Å²) >= 11 is 0. The molecule has 16 heavy (non-hydrogen) atoms. The molecule has 0 aromatic carbocycles. The van der Waals surface area contributed by atoms with Crippen molar-refractivity contribution >= 4 is 5.97 Å². The number of esters is 1. The van der Waals surface area contributed by atoms with Gasteiger partial charge in [0.25, 0.3) is 0 Å². The van der Waals surface area contributed by atoms with Crippen molar-refractivity contribution in [2.75, 3.05) is 47.4 Å². The maximum absolute atomic E-state index is 11.5. The van der Waals surface area contributed by atoms with Crippen molar-refractivity contribution in [1.82, 2.24) is 15.1 Å². The summed E-state index contributed by atoms with van der Waals surface area (Å²) in [6.45, 7) is 6.03. The summed E-state index contributed by atoms with van der Waals surface area (Å²) in [5.41, 5.74) is 0. The van der Waals surface area contributed by atoms with Crippen LogP contribution < -0.4 is 5.32 Å². The molecule has 0 aromatic heterocycles. The number of piperazine rings is 1. The first-order chi connectivity index (χ1) is 7.58. The van der Waals surface area contributed by atoms with E-state index >= 15 is 0 Å². The first-order valence-electron chi connectivity index (χ1n) is 5.76. The number of nitrogens with one attached hydrogen (secondary N) is 1. The average Bonchev–Trinajstić information content (AvgIpc) is 2.27. The Balaban J connectivity index is 2.48. The number of ether oxygens (including phenoxy) is 1. The fourth-order valence-corrected chi connectivity index (χ4v) is 2.11. The van der Waals surface area contributed by atoms with Crippen molar-refractivity contribution in [2.24, 2.45) is 0 Å². The molecular formula is C11H23N3O2. The van der Waals surface area contributed by atoms with E-state index in [0.29, 0.717) is 6.04 Å². The highest BCUT2D eigenvalue weighted by Crippen LogP contribution is 2.08. The Morgan fingerprint density at radius 1 is 1.56 bits per heavy atom. The number of methoxy groups -OCH3 is 1. The molecule has 1 fully saturated rings. The predicted octanol–water partition coefficient (Wildman–Crippen LogP) is -0.617. The van der Waals surface area contributed by atoms with Gasteiger partial charge in [0, 0.05) is 32.2 Å². The quantitative estimate of drug-likeness (QED) is 0.651. The topological polar surface area (TPSA) is 44.8 Å². The SMILES string of the molecule is CNC(CN1CCN(C)CC1C)C(=O)OC. The summed E-state index contributed by atoms with van der Waals surface area (Å²) in [6.07, 6.45) is 0. The molecule has 1 saturated heterocycles. The van der Waals surface area contributed by atoms with E-state index in [4.69, 9.17) is 4.74 Å². The van der Waals surface area contributed by atoms with Crippen LogP contribution in [-0.4, -0.2) is 75.2 Å². The summed E-state index contributed by atoms with van der Waals surface area (Å²) in [7, 11) is 5.35. The van der Waals surface area contributed by atoms with Gasteiger partial charge >= 0.3 is 5.97 Å². The summed E-state index contributed by atoms with van der Waals surface area (Å²) in [5.74, 6) is -0.186. The van der Waals surface area contributed by atoms with Gasteiger partial charge in [-0.25, -0.2) is 0 Å². The lowest BCUT2D eigenvalue weighted by molar-refractivity contribution is -0.143. The van der Waals surface area contributed by atoms with Crippen LogP contribution in [0.25, 0.3) is 0 Å². The van der Waals surface area contributed by atoms with E-state index in [1.807, 2.05) is 0 Å². The molecule has 0 bridgehead atoms. The highest BCUT2D eigenvalue weighted by atomic mass is 16.5. The molecule has 2 unspecified atom stereocenters. The molecule has 94 valence electrons. The maximum atomic E-state index is 11.5. The Morgan fingerprint density at radius 3 is 2.75 bits per heavy atom. The fourth-order valence-electron chi connectivity index (χ4n) is 2.11. The molecular weight excluding hydrogens is 206 g/mol. The molecule has 5 nitrogen and oxygen atoms in total. The normalized spacial score (nSPS) is 25.4. The molecule has 0 radical (unpaired) electrons. The van der Waals surface area contributed by atoms with Crippen LogP contribution in [0, 0.1) is 0 Å². The minimum absolute atomic E-state index is 0.186. The summed E-state index contributed by atoms with van der Waals surface area (Å²) in [6, 6.07) is 0.259. The zero-order valence-corrected chi connectivity index (χ0v) is 10.7. The smallest absolute Gasteiger partial charge is 0.324 e. The molecule has 0 amide bonds. The van der Waals surface area contributed by atoms with Crippen molar-refractivity contribution in [3.05, 3.63) is 0 Å². The Labute approximate surface area is 97.7 Å². The fraction of sp³-hybridized carbons (Fsp3) is 0.909. The molecule has 1 aliphatic heterocycles. The predicted molar refractivity (Wildman–Crippen MR) is 63.4 cm³/mol. The summed E-state index contributed by atoms with van der Waals surface area (Å²) in [5, 5.41) is 3.00. The molecule has 1 N–H and O–H groups in total. The first-order valence-corrected chi connectivity index (χ1v) is 5.76. The van der Waals surface area contributed by atoms with Gasteiger partial charge in [0.2, 0.25) is 0 Å². The third kappa shape index (κ3) is 3.43. The van der Waals surface area contributed by atoms with E-state index in [9.17, 15) is 4.79 Å². The minimum Gasteiger partial charge on any atom is -0.468 e. The molecule has 0 aliphatic carbocycles. The van der Waals surface area contributed by atoms with Gasteiger partial charge in [-0.15, -0.1) is 0 Å². The van der Waals surface area contributed by atoms with Gasteiger partial charge in [-0.05, 0) is 21.0 Å². The van der Waals surface area contributed by atoms with E-state index in [0.717, 1.165) is 26.2 Å². The van der Waals surface area contributed by atoms with E-state index in [1.54, 1.807) is 7.05 Å². The molecule has 5 heteroatoms. The Hall–Kier alpha value is -0.650. The molecule has 1 aliphatic rings. The number of hydrogen-bond donors (Lipinski definition) is 1. The van der Waals surface area contributed by atoms with Gasteiger partial charge in [-0.1, -0.05) is 0 Å². The molecule has 1 rings (SSSR count). The van der Waals surface area contributed by atoms with E-state index in [1.165, 1.54) is 7.11 Å². The molecule has 1 heterocycles. The summed E-state index contributed by atoms with van der Waals surface area (Å²) in [4.78, 5) is 16.1. The zero-order chi connectivity index (χ0) is 12.1. The molecule has 0 aromatic rings. The van der Waals surface area contributed by atoms with Crippen LogP contribution in [0.4, 0.5) is 0 Å². The van der Waals surface area contributed by atoms with Gasteiger partial charge in [-0.3, -0.25) is 9.69 Å². The lowest BCUT2D eigenvalue weighted by Crippen LogP contribution is -2.55. The van der Waals surface area contributed by atoms with Crippen LogP contribution in [-0.2, 0) is 9.53 Å². The van der Waals surface area contributed by atoms with Crippen molar-refractivity contribution < 1.29 is 9.53 Å². The van der Waals surface area contributed by atoms with Crippen LogP contribution in [0.5, 0.6) is 0 Å². The van der Waals surface area contributed by atoms with Crippen LogP contribution in [0.1, 0.15) is 6.92 Å². The highest BCUT2D eigenvalue weighted by molar-refractivity contribution is 5.75. The van der Waals surface area contributed by atoms with Crippen LogP contribution >= 0.6 is 0 Å². The monoisotopic (exact) mass is 229 g/mol. The number of hydrogen-bond acceptors (Lipinski definition) is 5. The van der Waals surface area contributed by atoms with E-state index in [-0.39, 0.29) is 12.0 Å². The number of likely N-dealkylation sites (N-methyl/N-ethyl adjacent to an activating group) is 2. The third-order valence-corrected chi connectivity index (χ3v) is 3.22. The zero-order valence-electron chi connectivity index (χ0n) is 10.7. The summed E-state index contributed by atoms with van der Waals surface area (Å²) < 4.78 is 4.76. The minimum atomic E-state index is -0.226.